The van der Waals surface area contributed by atoms with E-state index in [4.69, 9.17) is 18.9 Å². The van der Waals surface area contributed by atoms with Gasteiger partial charge in [-0.1, -0.05) is 54.6 Å². The van der Waals surface area contributed by atoms with Gasteiger partial charge in [-0.15, -0.1) is 11.8 Å². The monoisotopic (exact) mass is 522 g/mol. The number of carbonyl (C=O) groups is 3. The van der Waals surface area contributed by atoms with E-state index in [0.717, 1.165) is 0 Å². The molecule has 3 aromatic carbocycles. The van der Waals surface area contributed by atoms with Gasteiger partial charge in [0.1, 0.15) is 11.5 Å². The Morgan fingerprint density at radius 2 is 1.05 bits per heavy atom. The van der Waals surface area contributed by atoms with Gasteiger partial charge in [-0.25, -0.2) is 14.4 Å². The van der Waals surface area contributed by atoms with Crippen molar-refractivity contribution in [2.75, 3.05) is 12.9 Å². The van der Waals surface area contributed by atoms with Crippen LogP contribution < -0.4 is 0 Å². The summed E-state index contributed by atoms with van der Waals surface area (Å²) in [6.07, 6.45) is -2.98. The van der Waals surface area contributed by atoms with Crippen LogP contribution >= 0.6 is 11.8 Å². The van der Waals surface area contributed by atoms with Gasteiger partial charge < -0.3 is 24.1 Å². The standard InChI is InChI=1S/C28H26O8S/c1-37-28-24(36-27(32)20-15-9-4-10-16-20)23(35-26(31)19-13-7-3-8-14-19)22(21(17-29)33-28)34-25(30)18-11-5-2-6-12-18/h2-16,21-24,28-29H,17H2,1H3/t21-,22?,23?,24-,28?/m1/s1. The molecule has 9 heteroatoms. The lowest BCUT2D eigenvalue weighted by atomic mass is 9.98. The van der Waals surface area contributed by atoms with E-state index in [1.165, 1.54) is 11.8 Å². The molecule has 192 valence electrons. The van der Waals surface area contributed by atoms with Crippen molar-refractivity contribution in [1.82, 2.24) is 0 Å². The minimum Gasteiger partial charge on any atom is -0.452 e. The lowest BCUT2D eigenvalue weighted by Gasteiger charge is -2.44. The number of thioether (sulfide) groups is 1. The van der Waals surface area contributed by atoms with Crippen LogP contribution in [0.1, 0.15) is 31.1 Å². The van der Waals surface area contributed by atoms with Gasteiger partial charge in [-0.3, -0.25) is 0 Å². The molecule has 5 atom stereocenters. The zero-order chi connectivity index (χ0) is 26.2. The Morgan fingerprint density at radius 1 is 0.676 bits per heavy atom. The molecule has 1 fully saturated rings. The van der Waals surface area contributed by atoms with E-state index in [1.807, 2.05) is 0 Å². The molecule has 0 bridgehead atoms. The molecular weight excluding hydrogens is 496 g/mol. The van der Waals surface area contributed by atoms with Crippen molar-refractivity contribution in [3.05, 3.63) is 108 Å². The molecular formula is C28H26O8S. The average molecular weight is 523 g/mol. The number of rotatable bonds is 8. The van der Waals surface area contributed by atoms with Crippen LogP contribution in [0.5, 0.6) is 0 Å². The van der Waals surface area contributed by atoms with Gasteiger partial charge in [0.15, 0.2) is 18.3 Å². The zero-order valence-electron chi connectivity index (χ0n) is 20.0. The number of carbonyl (C=O) groups excluding carboxylic acids is 3. The summed E-state index contributed by atoms with van der Waals surface area (Å²) in [6.45, 7) is -0.525. The summed E-state index contributed by atoms with van der Waals surface area (Å²) in [6, 6.07) is 24.9. The van der Waals surface area contributed by atoms with Gasteiger partial charge in [0.2, 0.25) is 0 Å². The fraction of sp³-hybridized carbons (Fsp3) is 0.250. The Kier molecular flexibility index (Phi) is 8.95. The topological polar surface area (TPSA) is 108 Å². The predicted molar refractivity (Wildman–Crippen MR) is 136 cm³/mol. The van der Waals surface area contributed by atoms with Crippen LogP contribution in [0.3, 0.4) is 0 Å². The minimum atomic E-state index is -1.27. The number of hydrogen-bond acceptors (Lipinski definition) is 9. The molecule has 0 aliphatic carbocycles. The molecule has 0 spiro atoms. The quantitative estimate of drug-likeness (QED) is 0.350. The molecule has 37 heavy (non-hydrogen) atoms. The molecule has 1 aliphatic heterocycles. The normalized spacial score (nSPS) is 23.0. The van der Waals surface area contributed by atoms with Crippen molar-refractivity contribution in [2.45, 2.75) is 29.9 Å². The number of ether oxygens (including phenoxy) is 4. The second kappa shape index (κ2) is 12.5. The Bertz CT molecular complexity index is 1120. The van der Waals surface area contributed by atoms with E-state index >= 15 is 0 Å². The Balaban J connectivity index is 1.69. The SMILES string of the molecule is CSC1O[C@H](CO)C(OC(=O)c2ccccc2)C(OC(=O)c2ccccc2)[C@H]1OC(=O)c1ccccc1. The number of hydrogen-bond donors (Lipinski definition) is 1. The van der Waals surface area contributed by atoms with Gasteiger partial charge in [-0.2, -0.15) is 0 Å². The molecule has 1 aliphatic rings. The third-order valence-electron chi connectivity index (χ3n) is 5.76. The third kappa shape index (κ3) is 6.37. The second-order valence-electron chi connectivity index (χ2n) is 8.17. The highest BCUT2D eigenvalue weighted by atomic mass is 32.2. The van der Waals surface area contributed by atoms with Crippen molar-refractivity contribution in [1.29, 1.82) is 0 Å². The molecule has 1 N–H and O–H groups in total. The first kappa shape index (κ1) is 26.4. The van der Waals surface area contributed by atoms with Crippen molar-refractivity contribution in [3.8, 4) is 0 Å². The van der Waals surface area contributed by atoms with E-state index in [2.05, 4.69) is 0 Å². The van der Waals surface area contributed by atoms with E-state index in [0.29, 0.717) is 0 Å². The largest absolute Gasteiger partial charge is 0.452 e. The first-order valence-corrected chi connectivity index (χ1v) is 12.9. The zero-order valence-corrected chi connectivity index (χ0v) is 20.8. The van der Waals surface area contributed by atoms with Crippen molar-refractivity contribution < 1.29 is 38.4 Å². The summed E-state index contributed by atoms with van der Waals surface area (Å²) in [5.41, 5.74) is -0.00340. The van der Waals surface area contributed by atoms with Crippen LogP contribution in [0.2, 0.25) is 0 Å². The van der Waals surface area contributed by atoms with Gasteiger partial charge in [0.25, 0.3) is 0 Å². The molecule has 3 aromatic rings. The molecule has 3 unspecified atom stereocenters. The van der Waals surface area contributed by atoms with Crippen LogP contribution in [-0.2, 0) is 18.9 Å². The maximum Gasteiger partial charge on any atom is 0.338 e. The summed E-state index contributed by atoms with van der Waals surface area (Å²) in [4.78, 5) is 39.0. The Hall–Kier alpha value is -3.66. The first-order valence-electron chi connectivity index (χ1n) is 11.6. The van der Waals surface area contributed by atoms with Crippen molar-refractivity contribution in [2.24, 2.45) is 0 Å². The average Bonchev–Trinajstić information content (AvgIpc) is 2.95. The highest BCUT2D eigenvalue weighted by Gasteiger charge is 2.52. The van der Waals surface area contributed by atoms with E-state index in [9.17, 15) is 19.5 Å². The maximum atomic E-state index is 13.1. The van der Waals surface area contributed by atoms with E-state index in [-0.39, 0.29) is 16.7 Å². The number of esters is 3. The Labute approximate surface area is 218 Å². The molecule has 1 saturated heterocycles. The highest BCUT2D eigenvalue weighted by molar-refractivity contribution is 7.99. The number of benzene rings is 3. The molecule has 0 amide bonds. The van der Waals surface area contributed by atoms with Gasteiger partial charge in [-0.05, 0) is 42.7 Å². The number of aliphatic hydroxyl groups is 1. The van der Waals surface area contributed by atoms with Gasteiger partial charge >= 0.3 is 17.9 Å². The molecule has 1 heterocycles. The van der Waals surface area contributed by atoms with Gasteiger partial charge in [0, 0.05) is 0 Å². The van der Waals surface area contributed by atoms with Crippen LogP contribution in [0.4, 0.5) is 0 Å². The molecule has 0 saturated carbocycles. The first-order chi connectivity index (χ1) is 18.0. The summed E-state index contributed by atoms with van der Waals surface area (Å²) >= 11 is 1.21. The van der Waals surface area contributed by atoms with Crippen molar-refractivity contribution in [3.63, 3.8) is 0 Å². The van der Waals surface area contributed by atoms with Crippen LogP contribution in [0, 0.1) is 0 Å². The molecule has 0 radical (unpaired) electrons. The maximum absolute atomic E-state index is 13.1. The fourth-order valence-electron chi connectivity index (χ4n) is 3.91. The van der Waals surface area contributed by atoms with E-state index in [1.54, 1.807) is 97.3 Å². The number of aliphatic hydroxyl groups excluding tert-OH is 1. The molecule has 0 aromatic heterocycles. The lowest BCUT2D eigenvalue weighted by molar-refractivity contribution is -0.207. The smallest absolute Gasteiger partial charge is 0.338 e. The highest BCUT2D eigenvalue weighted by Crippen LogP contribution is 2.34. The molecule has 8 nitrogen and oxygen atoms in total. The predicted octanol–water partition coefficient (Wildman–Crippen LogP) is 3.74. The van der Waals surface area contributed by atoms with Gasteiger partial charge in [0.05, 0.1) is 23.3 Å². The Morgan fingerprint density at radius 3 is 1.43 bits per heavy atom. The third-order valence-corrected chi connectivity index (χ3v) is 6.61. The summed E-state index contributed by atoms with van der Waals surface area (Å²) in [5, 5.41) is 10.1. The van der Waals surface area contributed by atoms with Crippen LogP contribution in [0.25, 0.3) is 0 Å². The lowest BCUT2D eigenvalue weighted by Crippen LogP contribution is -2.61. The van der Waals surface area contributed by atoms with Crippen LogP contribution in [-0.4, -0.2) is 65.7 Å². The fourth-order valence-corrected chi connectivity index (χ4v) is 4.65. The second-order valence-corrected chi connectivity index (χ2v) is 9.11. The minimum absolute atomic E-state index is 0.261. The molecule has 4 rings (SSSR count). The van der Waals surface area contributed by atoms with Crippen molar-refractivity contribution >= 4 is 29.7 Å². The summed E-state index contributed by atoms with van der Waals surface area (Å²) < 4.78 is 23.4. The van der Waals surface area contributed by atoms with E-state index < -0.39 is 54.4 Å². The summed E-state index contributed by atoms with van der Waals surface area (Å²) in [5.74, 6) is -2.07. The summed E-state index contributed by atoms with van der Waals surface area (Å²) in [7, 11) is 0. The van der Waals surface area contributed by atoms with Crippen LogP contribution in [0.15, 0.2) is 91.0 Å².